The number of aromatic nitrogens is 2. The van der Waals surface area contributed by atoms with Gasteiger partial charge in [0.1, 0.15) is 6.61 Å². The first-order valence-corrected chi connectivity index (χ1v) is 10.1. The lowest BCUT2D eigenvalue weighted by molar-refractivity contribution is -0.670. The Morgan fingerprint density at radius 3 is 2.50 bits per heavy atom. The van der Waals surface area contributed by atoms with Gasteiger partial charge < -0.3 is 34.0 Å². The molecule has 0 aliphatic carbocycles. The lowest BCUT2D eigenvalue weighted by atomic mass is 10.2. The van der Waals surface area contributed by atoms with Crippen LogP contribution in [0.5, 0.6) is 0 Å². The van der Waals surface area contributed by atoms with Crippen LogP contribution >= 0.6 is 0 Å². The molecule has 0 saturated carbocycles. The smallest absolute Gasteiger partial charge is 0.392 e. The van der Waals surface area contributed by atoms with E-state index in [0.29, 0.717) is 13.1 Å². The molecule has 2 aromatic carbocycles. The standard InChI is InChI=1S/C23H24F3N3O2.HI/c1-3-28-19-11-10-17(22(30)31-15-13-23(24,25)26)16-20(19)29(4-2)21(28)12-14-27-18-8-6-5-7-9-18;/h5-12,14,16H,3-4,13,15H2,1-2H3;1H. The van der Waals surface area contributed by atoms with E-state index in [2.05, 4.69) is 14.5 Å². The minimum absolute atomic E-state index is 0. The van der Waals surface area contributed by atoms with Crippen molar-refractivity contribution in [2.45, 2.75) is 39.5 Å². The van der Waals surface area contributed by atoms with Crippen LogP contribution in [-0.2, 0) is 17.8 Å². The van der Waals surface area contributed by atoms with Crippen LogP contribution in [0.25, 0.3) is 17.1 Å². The molecule has 172 valence electrons. The second kappa shape index (κ2) is 11.3. The number of hydrogen-bond acceptors (Lipinski definition) is 3. The summed E-state index contributed by atoms with van der Waals surface area (Å²) in [6.07, 6.45) is -1.70. The van der Waals surface area contributed by atoms with Gasteiger partial charge in [-0.2, -0.15) is 13.2 Å². The molecule has 0 bridgehead atoms. The fraction of sp³-hybridized carbons (Fsp3) is 0.304. The summed E-state index contributed by atoms with van der Waals surface area (Å²) in [6.45, 7) is 4.70. The number of hydrogen-bond donors (Lipinski definition) is 1. The number of aryl methyl sites for hydroxylation is 2. The molecule has 9 heteroatoms. The van der Waals surface area contributed by atoms with Crippen LogP contribution in [0.2, 0.25) is 0 Å². The van der Waals surface area contributed by atoms with E-state index in [1.807, 2.05) is 56.5 Å². The number of benzene rings is 2. The summed E-state index contributed by atoms with van der Waals surface area (Å²) in [7, 11) is 0. The van der Waals surface area contributed by atoms with Gasteiger partial charge in [-0.25, -0.2) is 13.9 Å². The van der Waals surface area contributed by atoms with Crippen LogP contribution in [0.15, 0.2) is 54.7 Å². The number of esters is 1. The van der Waals surface area contributed by atoms with E-state index < -0.39 is 25.2 Å². The van der Waals surface area contributed by atoms with Gasteiger partial charge in [0.15, 0.2) is 11.0 Å². The molecule has 1 N–H and O–H groups in total. The molecule has 0 unspecified atom stereocenters. The fourth-order valence-electron chi connectivity index (χ4n) is 3.42. The van der Waals surface area contributed by atoms with Crippen molar-refractivity contribution in [3.8, 4) is 0 Å². The molecule has 0 amide bonds. The van der Waals surface area contributed by atoms with Crippen molar-refractivity contribution in [1.29, 1.82) is 0 Å². The van der Waals surface area contributed by atoms with Crippen molar-refractivity contribution < 1.29 is 51.2 Å². The topological polar surface area (TPSA) is 47.1 Å². The van der Waals surface area contributed by atoms with Crippen molar-refractivity contribution in [2.75, 3.05) is 11.9 Å². The highest BCUT2D eigenvalue weighted by Crippen LogP contribution is 2.21. The van der Waals surface area contributed by atoms with Crippen LogP contribution in [0, 0.1) is 0 Å². The van der Waals surface area contributed by atoms with E-state index in [-0.39, 0.29) is 29.5 Å². The molecule has 0 aliphatic heterocycles. The quantitative estimate of drug-likeness (QED) is 0.262. The Morgan fingerprint density at radius 2 is 1.88 bits per heavy atom. The normalized spacial score (nSPS) is 11.5. The highest BCUT2D eigenvalue weighted by atomic mass is 127. The molecule has 1 aromatic heterocycles. The number of ether oxygens (including phenoxy) is 1. The largest absolute Gasteiger partial charge is 1.00 e. The second-order valence-electron chi connectivity index (χ2n) is 6.90. The third-order valence-electron chi connectivity index (χ3n) is 4.85. The van der Waals surface area contributed by atoms with E-state index in [1.54, 1.807) is 18.2 Å². The third-order valence-corrected chi connectivity index (χ3v) is 4.85. The van der Waals surface area contributed by atoms with E-state index in [0.717, 1.165) is 22.5 Å². The minimum Gasteiger partial charge on any atom is -1.00 e. The summed E-state index contributed by atoms with van der Waals surface area (Å²) in [5.74, 6) is 0.173. The Balaban J connectivity index is 0.00000363. The first-order chi connectivity index (χ1) is 14.8. The van der Waals surface area contributed by atoms with Crippen molar-refractivity contribution in [2.24, 2.45) is 0 Å². The van der Waals surface area contributed by atoms with Crippen LogP contribution in [0.3, 0.4) is 0 Å². The number of imidazole rings is 1. The predicted octanol–water partition coefficient (Wildman–Crippen LogP) is 2.16. The van der Waals surface area contributed by atoms with Gasteiger partial charge in [0.25, 0.3) is 5.82 Å². The summed E-state index contributed by atoms with van der Waals surface area (Å²) >= 11 is 0. The number of para-hydroxylation sites is 1. The summed E-state index contributed by atoms with van der Waals surface area (Å²) in [6, 6.07) is 14.8. The number of anilines is 1. The maximum Gasteiger partial charge on any atom is 0.392 e. The SMILES string of the molecule is CCn1c(/C=C/Nc2ccccc2)[n+](CC)c2ccc(C(=O)OCCC(F)(F)F)cc21.[I-]. The lowest BCUT2D eigenvalue weighted by Crippen LogP contribution is -3.00. The maximum absolute atomic E-state index is 12.3. The fourth-order valence-corrected chi connectivity index (χ4v) is 3.42. The molecule has 3 aromatic rings. The Kier molecular flexibility index (Phi) is 9.11. The number of alkyl halides is 3. The Hall–Kier alpha value is -2.56. The van der Waals surface area contributed by atoms with E-state index in [4.69, 9.17) is 4.74 Å². The van der Waals surface area contributed by atoms with Crippen LogP contribution in [-0.4, -0.2) is 23.3 Å². The molecule has 0 spiro atoms. The van der Waals surface area contributed by atoms with Gasteiger partial charge in [-0.15, -0.1) is 0 Å². The molecular weight excluding hydrogens is 534 g/mol. The maximum atomic E-state index is 12.3. The molecule has 0 saturated heterocycles. The van der Waals surface area contributed by atoms with Gasteiger partial charge >= 0.3 is 12.1 Å². The number of carbonyl (C=O) groups excluding carboxylic acids is 1. The number of nitrogens with one attached hydrogen (secondary N) is 1. The number of nitrogens with zero attached hydrogens (tertiary/aromatic N) is 2. The first-order valence-electron chi connectivity index (χ1n) is 10.1. The summed E-state index contributed by atoms with van der Waals surface area (Å²) in [5, 5.41) is 3.23. The van der Waals surface area contributed by atoms with Crippen LogP contribution in [0.1, 0.15) is 36.5 Å². The van der Waals surface area contributed by atoms with Gasteiger partial charge in [-0.3, -0.25) is 0 Å². The monoisotopic (exact) mass is 559 g/mol. The van der Waals surface area contributed by atoms with Gasteiger partial charge in [0, 0.05) is 24.0 Å². The van der Waals surface area contributed by atoms with Crippen molar-refractivity contribution >= 4 is 28.8 Å². The summed E-state index contributed by atoms with van der Waals surface area (Å²) in [4.78, 5) is 12.2. The zero-order valence-electron chi connectivity index (χ0n) is 17.8. The van der Waals surface area contributed by atoms with Crippen molar-refractivity contribution in [3.63, 3.8) is 0 Å². The van der Waals surface area contributed by atoms with E-state index in [9.17, 15) is 18.0 Å². The number of rotatable bonds is 8. The zero-order valence-corrected chi connectivity index (χ0v) is 20.0. The highest BCUT2D eigenvalue weighted by molar-refractivity contribution is 5.93. The molecule has 1 heterocycles. The lowest BCUT2D eigenvalue weighted by Gasteiger charge is -2.07. The average molecular weight is 559 g/mol. The minimum atomic E-state index is -4.36. The number of fused-ring (bicyclic) bond motifs is 1. The van der Waals surface area contributed by atoms with Crippen molar-refractivity contribution in [1.82, 2.24) is 4.57 Å². The van der Waals surface area contributed by atoms with Gasteiger partial charge in [-0.1, -0.05) is 18.2 Å². The Labute approximate surface area is 201 Å². The van der Waals surface area contributed by atoms with E-state index >= 15 is 0 Å². The summed E-state index contributed by atoms with van der Waals surface area (Å²) in [5.41, 5.74) is 2.93. The number of carbonyl (C=O) groups is 1. The average Bonchev–Trinajstić information content (AvgIpc) is 3.05. The highest BCUT2D eigenvalue weighted by Gasteiger charge is 2.28. The van der Waals surface area contributed by atoms with Gasteiger partial charge in [0.2, 0.25) is 0 Å². The van der Waals surface area contributed by atoms with Crippen LogP contribution in [0.4, 0.5) is 18.9 Å². The van der Waals surface area contributed by atoms with Gasteiger partial charge in [-0.05, 0) is 38.1 Å². The van der Waals surface area contributed by atoms with E-state index in [1.165, 1.54) is 0 Å². The number of halogens is 4. The molecule has 0 fully saturated rings. The molecule has 5 nitrogen and oxygen atoms in total. The third kappa shape index (κ3) is 6.24. The Bertz CT molecular complexity index is 1080. The molecule has 32 heavy (non-hydrogen) atoms. The first kappa shape index (κ1) is 25.7. The molecular formula is C23H25F3IN3O2. The molecule has 0 atom stereocenters. The van der Waals surface area contributed by atoms with Crippen molar-refractivity contribution in [3.05, 3.63) is 66.1 Å². The Morgan fingerprint density at radius 1 is 1.16 bits per heavy atom. The van der Waals surface area contributed by atoms with Gasteiger partial charge in [0.05, 0.1) is 25.1 Å². The molecule has 3 rings (SSSR count). The summed E-state index contributed by atoms with van der Waals surface area (Å²) < 4.78 is 45.9. The van der Waals surface area contributed by atoms with Crippen LogP contribution < -0.4 is 33.9 Å². The predicted molar refractivity (Wildman–Crippen MR) is 114 cm³/mol. The zero-order chi connectivity index (χ0) is 22.4. The molecule has 0 aliphatic rings. The second-order valence-corrected chi connectivity index (χ2v) is 6.90. The molecule has 0 radical (unpaired) electrons.